The Morgan fingerprint density at radius 2 is 1.81 bits per heavy atom. The van der Waals surface area contributed by atoms with Gasteiger partial charge in [-0.1, -0.05) is 47.5 Å². The number of para-hydroxylation sites is 1. The van der Waals surface area contributed by atoms with Crippen molar-refractivity contribution in [2.24, 2.45) is 0 Å². The highest BCUT2D eigenvalue weighted by atomic mass is 35.5. The van der Waals surface area contributed by atoms with Crippen molar-refractivity contribution in [3.8, 4) is 0 Å². The van der Waals surface area contributed by atoms with E-state index in [0.717, 1.165) is 5.56 Å². The molecule has 5 heteroatoms. The van der Waals surface area contributed by atoms with Gasteiger partial charge in [-0.25, -0.2) is 9.78 Å². The zero-order chi connectivity index (χ0) is 14.8. The molecule has 1 aromatic heterocycles. The summed E-state index contributed by atoms with van der Waals surface area (Å²) < 4.78 is 5.16. The van der Waals surface area contributed by atoms with Gasteiger partial charge >= 0.3 is 5.63 Å². The lowest BCUT2D eigenvalue weighted by Gasteiger charge is -2.00. The molecule has 3 rings (SSSR count). The van der Waals surface area contributed by atoms with Gasteiger partial charge in [-0.2, -0.15) is 0 Å². The van der Waals surface area contributed by atoms with E-state index in [-0.39, 0.29) is 10.9 Å². The molecule has 0 saturated heterocycles. The molecule has 2 aromatic carbocycles. The van der Waals surface area contributed by atoms with Crippen LogP contribution in [0.3, 0.4) is 0 Å². The van der Waals surface area contributed by atoms with Crippen LogP contribution in [0.4, 0.5) is 0 Å². The number of rotatable bonds is 2. The third kappa shape index (κ3) is 2.99. The Bertz CT molecular complexity index is 883. The highest BCUT2D eigenvalue weighted by molar-refractivity contribution is 6.50. The number of fused-ring (bicyclic) bond motifs is 1. The van der Waals surface area contributed by atoms with Gasteiger partial charge in [0.05, 0.1) is 10.9 Å². The zero-order valence-electron chi connectivity index (χ0n) is 10.7. The number of hydrogen-bond acceptors (Lipinski definition) is 3. The normalized spacial score (nSPS) is 11.8. The maximum atomic E-state index is 11.9. The molecule has 104 valence electrons. The Hall–Kier alpha value is -2.10. The number of halogens is 2. The molecule has 0 amide bonds. The summed E-state index contributed by atoms with van der Waals surface area (Å²) in [4.78, 5) is 16.1. The number of nitrogens with zero attached hydrogens (tertiary/aromatic N) is 1. The Morgan fingerprint density at radius 1 is 1.10 bits per heavy atom. The highest BCUT2D eigenvalue weighted by Gasteiger charge is 2.08. The van der Waals surface area contributed by atoms with Crippen molar-refractivity contribution in [2.45, 2.75) is 0 Å². The fourth-order valence-corrected chi connectivity index (χ4v) is 2.22. The van der Waals surface area contributed by atoms with Crippen LogP contribution in [-0.4, -0.2) is 4.98 Å². The zero-order valence-corrected chi connectivity index (χ0v) is 12.2. The van der Waals surface area contributed by atoms with Crippen LogP contribution in [0.2, 0.25) is 5.02 Å². The summed E-state index contributed by atoms with van der Waals surface area (Å²) in [7, 11) is 0. The molecule has 1 heterocycles. The van der Waals surface area contributed by atoms with Gasteiger partial charge in [0.15, 0.2) is 0 Å². The van der Waals surface area contributed by atoms with Crippen LogP contribution in [0.25, 0.3) is 22.0 Å². The smallest absolute Gasteiger partial charge is 0.347 e. The van der Waals surface area contributed by atoms with E-state index in [9.17, 15) is 4.79 Å². The van der Waals surface area contributed by atoms with Gasteiger partial charge in [-0.3, -0.25) is 0 Å². The second-order valence-electron chi connectivity index (χ2n) is 4.37. The number of benzene rings is 2. The van der Waals surface area contributed by atoms with Gasteiger partial charge in [0.2, 0.25) is 5.89 Å². The van der Waals surface area contributed by atoms with Crippen molar-refractivity contribution in [1.29, 1.82) is 0 Å². The summed E-state index contributed by atoms with van der Waals surface area (Å²) in [6.45, 7) is 0. The van der Waals surface area contributed by atoms with Crippen molar-refractivity contribution >= 4 is 45.2 Å². The topological polar surface area (TPSA) is 43.1 Å². The molecule has 0 saturated carbocycles. The van der Waals surface area contributed by atoms with E-state index in [1.54, 1.807) is 42.5 Å². The van der Waals surface area contributed by atoms with E-state index in [1.165, 1.54) is 0 Å². The van der Waals surface area contributed by atoms with Crippen LogP contribution in [0.1, 0.15) is 11.5 Å². The lowest BCUT2D eigenvalue weighted by atomic mass is 10.2. The quantitative estimate of drug-likeness (QED) is 0.695. The van der Waals surface area contributed by atoms with E-state index in [0.29, 0.717) is 15.9 Å². The van der Waals surface area contributed by atoms with Gasteiger partial charge in [-0.05, 0) is 35.9 Å². The lowest BCUT2D eigenvalue weighted by Crippen LogP contribution is -2.03. The average molecular weight is 318 g/mol. The van der Waals surface area contributed by atoms with Gasteiger partial charge in [0, 0.05) is 5.02 Å². The molecule has 0 aliphatic rings. The van der Waals surface area contributed by atoms with Gasteiger partial charge in [0.1, 0.15) is 5.03 Å². The molecule has 0 bridgehead atoms. The van der Waals surface area contributed by atoms with Crippen LogP contribution in [0, 0.1) is 0 Å². The highest BCUT2D eigenvalue weighted by Crippen LogP contribution is 2.22. The van der Waals surface area contributed by atoms with Crippen molar-refractivity contribution in [1.82, 2.24) is 4.98 Å². The average Bonchev–Trinajstić information content (AvgIpc) is 2.49. The van der Waals surface area contributed by atoms with Crippen molar-refractivity contribution in [2.75, 3.05) is 0 Å². The Kier molecular flexibility index (Phi) is 3.78. The molecule has 0 aliphatic heterocycles. The summed E-state index contributed by atoms with van der Waals surface area (Å²) in [5.41, 5.74) is 0.923. The summed E-state index contributed by atoms with van der Waals surface area (Å²) >= 11 is 12.0. The van der Waals surface area contributed by atoms with Crippen molar-refractivity contribution in [3.05, 3.63) is 75.4 Å². The van der Waals surface area contributed by atoms with Gasteiger partial charge in [-0.15, -0.1) is 0 Å². The molecule has 0 spiro atoms. The standard InChI is InChI=1S/C16H9Cl2NO2/c17-11-7-5-10(6-8-11)9-13(18)15-19-14-4-2-1-3-12(14)16(20)21-15/h1-9H/b13-9-. The fourth-order valence-electron chi connectivity index (χ4n) is 1.89. The molecule has 0 unspecified atom stereocenters. The van der Waals surface area contributed by atoms with Crippen LogP contribution < -0.4 is 5.63 Å². The molecular weight excluding hydrogens is 309 g/mol. The van der Waals surface area contributed by atoms with E-state index in [1.807, 2.05) is 12.1 Å². The van der Waals surface area contributed by atoms with Gasteiger partial charge < -0.3 is 4.42 Å². The minimum atomic E-state index is -0.460. The maximum absolute atomic E-state index is 11.9. The van der Waals surface area contributed by atoms with E-state index in [4.69, 9.17) is 27.6 Å². The molecule has 0 radical (unpaired) electrons. The molecule has 0 aliphatic carbocycles. The van der Waals surface area contributed by atoms with E-state index in [2.05, 4.69) is 4.98 Å². The minimum absolute atomic E-state index is 0.0929. The van der Waals surface area contributed by atoms with Crippen LogP contribution in [-0.2, 0) is 0 Å². The van der Waals surface area contributed by atoms with Crippen molar-refractivity contribution < 1.29 is 4.42 Å². The molecule has 0 fully saturated rings. The third-order valence-corrected chi connectivity index (χ3v) is 3.43. The molecule has 0 atom stereocenters. The summed E-state index contributed by atoms with van der Waals surface area (Å²) in [5.74, 6) is 0.0929. The van der Waals surface area contributed by atoms with Crippen LogP contribution >= 0.6 is 23.2 Å². The Labute approximate surface area is 130 Å². The fraction of sp³-hybridized carbons (Fsp3) is 0. The Balaban J connectivity index is 2.07. The largest absolute Gasteiger partial charge is 0.402 e. The van der Waals surface area contributed by atoms with Gasteiger partial charge in [0.25, 0.3) is 0 Å². The third-order valence-electron chi connectivity index (χ3n) is 2.90. The predicted octanol–water partition coefficient (Wildman–Crippen LogP) is 4.58. The molecule has 3 nitrogen and oxygen atoms in total. The second kappa shape index (κ2) is 5.72. The van der Waals surface area contributed by atoms with Crippen molar-refractivity contribution in [3.63, 3.8) is 0 Å². The SMILES string of the molecule is O=c1oc(/C(Cl)=C/c2ccc(Cl)cc2)nc2ccccc12. The molecule has 0 N–H and O–H groups in total. The van der Waals surface area contributed by atoms with Crippen LogP contribution in [0.15, 0.2) is 57.7 Å². The summed E-state index contributed by atoms with van der Waals surface area (Å²) in [5, 5.41) is 1.32. The molecule has 21 heavy (non-hydrogen) atoms. The van der Waals surface area contributed by atoms with E-state index >= 15 is 0 Å². The minimum Gasteiger partial charge on any atom is -0.402 e. The maximum Gasteiger partial charge on any atom is 0.347 e. The molecular formula is C16H9Cl2NO2. The first-order valence-electron chi connectivity index (χ1n) is 6.16. The van der Waals surface area contributed by atoms with Crippen LogP contribution in [0.5, 0.6) is 0 Å². The Morgan fingerprint density at radius 3 is 2.57 bits per heavy atom. The first kappa shape index (κ1) is 13.9. The summed E-state index contributed by atoms with van der Waals surface area (Å²) in [6.07, 6.45) is 1.66. The predicted molar refractivity (Wildman–Crippen MR) is 85.5 cm³/mol. The van der Waals surface area contributed by atoms with E-state index < -0.39 is 5.63 Å². The first-order valence-corrected chi connectivity index (χ1v) is 6.92. The second-order valence-corrected chi connectivity index (χ2v) is 5.21. The monoisotopic (exact) mass is 317 g/mol. The first-order chi connectivity index (χ1) is 10.1. The molecule has 3 aromatic rings. The number of aromatic nitrogens is 1. The summed E-state index contributed by atoms with van der Waals surface area (Å²) in [6, 6.07) is 14.1. The lowest BCUT2D eigenvalue weighted by molar-refractivity contribution is 0.489. The number of hydrogen-bond donors (Lipinski definition) is 0.